The molecule has 0 bridgehead atoms. The van der Waals surface area contributed by atoms with Gasteiger partial charge in [0.15, 0.2) is 0 Å². The van der Waals surface area contributed by atoms with Gasteiger partial charge in [-0.3, -0.25) is 0 Å². The molecular weight excluding hydrogens is 286 g/mol. The van der Waals surface area contributed by atoms with Crippen LogP contribution >= 0.6 is 0 Å². The normalized spacial score (nSPS) is 17.8. The van der Waals surface area contributed by atoms with Crippen LogP contribution in [0.25, 0.3) is 0 Å². The first-order valence-electron chi connectivity index (χ1n) is 6.87. The molecule has 5 heteroatoms. The number of nitrogens with one attached hydrogen (secondary N) is 1. The van der Waals surface area contributed by atoms with Gasteiger partial charge in [-0.15, -0.1) is 0 Å². The number of benzene rings is 2. The second kappa shape index (κ2) is 5.87. The van der Waals surface area contributed by atoms with Crippen molar-refractivity contribution in [3.63, 3.8) is 0 Å². The molecule has 2 aromatic carbocycles. The summed E-state index contributed by atoms with van der Waals surface area (Å²) in [6.07, 6.45) is 0.657. The van der Waals surface area contributed by atoms with E-state index in [1.807, 2.05) is 54.6 Å². The highest BCUT2D eigenvalue weighted by molar-refractivity contribution is 7.88. The van der Waals surface area contributed by atoms with Crippen molar-refractivity contribution in [2.45, 2.75) is 18.2 Å². The number of hydrogen-bond donors (Lipinski definition) is 1. The highest BCUT2D eigenvalue weighted by atomic mass is 32.2. The Labute approximate surface area is 124 Å². The number of ether oxygens (including phenoxy) is 1. The van der Waals surface area contributed by atoms with Gasteiger partial charge in [0.1, 0.15) is 12.4 Å². The molecule has 1 unspecified atom stereocenters. The number of fused-ring (bicyclic) bond motifs is 1. The molecule has 110 valence electrons. The summed E-state index contributed by atoms with van der Waals surface area (Å²) in [5.41, 5.74) is 1.82. The van der Waals surface area contributed by atoms with Crippen molar-refractivity contribution in [2.75, 3.05) is 6.61 Å². The van der Waals surface area contributed by atoms with Crippen molar-refractivity contribution in [3.8, 4) is 5.75 Å². The summed E-state index contributed by atoms with van der Waals surface area (Å²) in [6.45, 7) is 0.366. The lowest BCUT2D eigenvalue weighted by Crippen LogP contribution is -2.43. The zero-order chi connectivity index (χ0) is 14.7. The molecule has 3 rings (SSSR count). The van der Waals surface area contributed by atoms with Crippen molar-refractivity contribution in [1.29, 1.82) is 0 Å². The molecule has 21 heavy (non-hydrogen) atoms. The Morgan fingerprint density at radius 3 is 2.57 bits per heavy atom. The Morgan fingerprint density at radius 1 is 1.05 bits per heavy atom. The van der Waals surface area contributed by atoms with Crippen LogP contribution in [0.15, 0.2) is 54.6 Å². The molecule has 4 nitrogen and oxygen atoms in total. The van der Waals surface area contributed by atoms with Crippen LogP contribution in [0.3, 0.4) is 0 Å². The first kappa shape index (κ1) is 14.1. The fraction of sp³-hybridized carbons (Fsp3) is 0.250. The highest BCUT2D eigenvalue weighted by Gasteiger charge is 2.24. The van der Waals surface area contributed by atoms with Gasteiger partial charge in [0.25, 0.3) is 0 Å². The van der Waals surface area contributed by atoms with Crippen LogP contribution < -0.4 is 9.46 Å². The Kier molecular flexibility index (Phi) is 3.94. The van der Waals surface area contributed by atoms with Crippen molar-refractivity contribution >= 4 is 10.0 Å². The minimum atomic E-state index is -3.37. The zero-order valence-corrected chi connectivity index (χ0v) is 12.3. The Hall–Kier alpha value is -1.85. The van der Waals surface area contributed by atoms with Crippen molar-refractivity contribution in [2.24, 2.45) is 0 Å². The van der Waals surface area contributed by atoms with Crippen molar-refractivity contribution < 1.29 is 13.2 Å². The van der Waals surface area contributed by atoms with Crippen molar-refractivity contribution in [1.82, 2.24) is 4.72 Å². The summed E-state index contributed by atoms with van der Waals surface area (Å²) < 4.78 is 32.8. The van der Waals surface area contributed by atoms with Gasteiger partial charge in [-0.25, -0.2) is 13.1 Å². The Balaban J connectivity index is 1.67. The minimum absolute atomic E-state index is 0.00795. The molecule has 1 N–H and O–H groups in total. The predicted molar refractivity (Wildman–Crippen MR) is 81.6 cm³/mol. The van der Waals surface area contributed by atoms with Gasteiger partial charge in [0.2, 0.25) is 10.0 Å². The van der Waals surface area contributed by atoms with E-state index in [9.17, 15) is 8.42 Å². The largest absolute Gasteiger partial charge is 0.492 e. The van der Waals surface area contributed by atoms with Gasteiger partial charge in [-0.05, 0) is 23.6 Å². The van der Waals surface area contributed by atoms with Crippen LogP contribution in [0.5, 0.6) is 5.75 Å². The number of hydrogen-bond acceptors (Lipinski definition) is 3. The second-order valence-corrected chi connectivity index (χ2v) is 6.94. The van der Waals surface area contributed by atoms with E-state index in [-0.39, 0.29) is 11.8 Å². The third-order valence-electron chi connectivity index (χ3n) is 3.42. The van der Waals surface area contributed by atoms with Gasteiger partial charge in [-0.1, -0.05) is 48.5 Å². The minimum Gasteiger partial charge on any atom is -0.492 e. The Morgan fingerprint density at radius 2 is 1.76 bits per heavy atom. The van der Waals surface area contributed by atoms with E-state index in [1.54, 1.807) is 0 Å². The topological polar surface area (TPSA) is 55.4 Å². The summed E-state index contributed by atoms with van der Waals surface area (Å²) in [5, 5.41) is 0. The first-order valence-corrected chi connectivity index (χ1v) is 8.52. The predicted octanol–water partition coefficient (Wildman–Crippen LogP) is 2.11. The third-order valence-corrected chi connectivity index (χ3v) is 4.83. The van der Waals surface area contributed by atoms with Gasteiger partial charge >= 0.3 is 0 Å². The SMILES string of the molecule is O=S(=O)(Cc1ccccc1)NC1COc2ccccc2C1. The fourth-order valence-corrected chi connectivity index (χ4v) is 3.87. The molecule has 0 saturated carbocycles. The van der Waals surface area contributed by atoms with Crippen LogP contribution in [-0.2, 0) is 22.2 Å². The molecule has 0 radical (unpaired) electrons. The van der Waals surface area contributed by atoms with Crippen LogP contribution in [0, 0.1) is 0 Å². The van der Waals surface area contributed by atoms with E-state index in [4.69, 9.17) is 4.74 Å². The van der Waals surface area contributed by atoms with Gasteiger partial charge in [0.05, 0.1) is 11.8 Å². The van der Waals surface area contributed by atoms with Gasteiger partial charge in [0, 0.05) is 0 Å². The average Bonchev–Trinajstić information content (AvgIpc) is 2.47. The van der Waals surface area contributed by atoms with Crippen LogP contribution in [0.4, 0.5) is 0 Å². The summed E-state index contributed by atoms with van der Waals surface area (Å²) in [4.78, 5) is 0. The van der Waals surface area contributed by atoms with E-state index in [2.05, 4.69) is 4.72 Å². The van der Waals surface area contributed by atoms with E-state index in [0.29, 0.717) is 13.0 Å². The summed E-state index contributed by atoms with van der Waals surface area (Å²) in [5.74, 6) is 0.836. The molecule has 0 aromatic heterocycles. The van der Waals surface area contributed by atoms with E-state index in [0.717, 1.165) is 16.9 Å². The van der Waals surface area contributed by atoms with Gasteiger partial charge < -0.3 is 4.74 Å². The molecule has 1 atom stereocenters. The average molecular weight is 303 g/mol. The molecule has 0 aliphatic carbocycles. The van der Waals surface area contributed by atoms with E-state index >= 15 is 0 Å². The highest BCUT2D eigenvalue weighted by Crippen LogP contribution is 2.24. The number of rotatable bonds is 4. The maximum absolute atomic E-state index is 12.2. The lowest BCUT2D eigenvalue weighted by molar-refractivity contribution is 0.254. The molecular formula is C16H17NO3S. The Bertz CT molecular complexity index is 713. The quantitative estimate of drug-likeness (QED) is 0.941. The second-order valence-electron chi connectivity index (χ2n) is 5.18. The third kappa shape index (κ3) is 3.62. The lowest BCUT2D eigenvalue weighted by atomic mass is 10.0. The maximum atomic E-state index is 12.2. The molecule has 1 aliphatic rings. The van der Waals surface area contributed by atoms with Crippen LogP contribution in [0.2, 0.25) is 0 Å². The molecule has 1 heterocycles. The maximum Gasteiger partial charge on any atom is 0.216 e. The fourth-order valence-electron chi connectivity index (χ4n) is 2.49. The molecule has 0 fully saturated rings. The molecule has 0 spiro atoms. The number of para-hydroxylation sites is 1. The molecule has 0 amide bonds. The summed E-state index contributed by atoms with van der Waals surface area (Å²) >= 11 is 0. The van der Waals surface area contributed by atoms with Crippen LogP contribution in [-0.4, -0.2) is 21.1 Å². The first-order chi connectivity index (χ1) is 10.1. The van der Waals surface area contributed by atoms with E-state index in [1.165, 1.54) is 0 Å². The molecule has 2 aromatic rings. The molecule has 0 saturated heterocycles. The summed E-state index contributed by atoms with van der Waals surface area (Å²) in [6, 6.07) is 16.7. The summed E-state index contributed by atoms with van der Waals surface area (Å²) in [7, 11) is -3.37. The van der Waals surface area contributed by atoms with E-state index < -0.39 is 10.0 Å². The van der Waals surface area contributed by atoms with Crippen LogP contribution in [0.1, 0.15) is 11.1 Å². The zero-order valence-electron chi connectivity index (χ0n) is 11.5. The number of sulfonamides is 1. The van der Waals surface area contributed by atoms with Crippen molar-refractivity contribution in [3.05, 3.63) is 65.7 Å². The molecule has 1 aliphatic heterocycles. The lowest BCUT2D eigenvalue weighted by Gasteiger charge is -2.25. The monoisotopic (exact) mass is 303 g/mol. The smallest absolute Gasteiger partial charge is 0.216 e. The standard InChI is InChI=1S/C16H17NO3S/c18-21(19,12-13-6-2-1-3-7-13)17-15-10-14-8-4-5-9-16(14)20-11-15/h1-9,15,17H,10-12H2. The van der Waals surface area contributed by atoms with Gasteiger partial charge in [-0.2, -0.15) is 0 Å².